The number of aryl methyl sites for hydroxylation is 1. The molecule has 0 unspecified atom stereocenters. The van der Waals surface area contributed by atoms with Crippen LogP contribution in [0.25, 0.3) is 5.76 Å². The van der Waals surface area contributed by atoms with Crippen LogP contribution in [0.15, 0.2) is 59.6 Å². The van der Waals surface area contributed by atoms with Gasteiger partial charge in [-0.15, -0.1) is 10.2 Å². The fourth-order valence-electron chi connectivity index (χ4n) is 3.55. The first-order chi connectivity index (χ1) is 14.4. The SMILES string of the molecule is Cc1ccc(/C(O)=C2\C(=O)C(=O)N(c3nncs3)[C@@H]2c2ccc(C(C)C)cc2)cc1. The van der Waals surface area contributed by atoms with Crippen molar-refractivity contribution in [2.45, 2.75) is 32.7 Å². The van der Waals surface area contributed by atoms with Gasteiger partial charge in [-0.25, -0.2) is 0 Å². The molecular formula is C23H21N3O3S. The lowest BCUT2D eigenvalue weighted by molar-refractivity contribution is -0.132. The molecule has 1 atom stereocenters. The first kappa shape index (κ1) is 20.0. The van der Waals surface area contributed by atoms with Crippen molar-refractivity contribution in [3.63, 3.8) is 0 Å². The second-order valence-corrected chi connectivity index (χ2v) is 8.39. The van der Waals surface area contributed by atoms with Gasteiger partial charge in [0, 0.05) is 5.56 Å². The summed E-state index contributed by atoms with van der Waals surface area (Å²) in [6.07, 6.45) is 0. The predicted octanol–water partition coefficient (Wildman–Crippen LogP) is 4.60. The Kier molecular flexibility index (Phi) is 5.22. The number of carbonyl (C=O) groups excluding carboxylic acids is 2. The van der Waals surface area contributed by atoms with Crippen molar-refractivity contribution in [3.8, 4) is 0 Å². The van der Waals surface area contributed by atoms with Gasteiger partial charge in [-0.3, -0.25) is 14.5 Å². The number of nitrogens with zero attached hydrogens (tertiary/aromatic N) is 3. The number of amides is 1. The van der Waals surface area contributed by atoms with Crippen molar-refractivity contribution in [2.24, 2.45) is 0 Å². The predicted molar refractivity (Wildman–Crippen MR) is 116 cm³/mol. The highest BCUT2D eigenvalue weighted by Crippen LogP contribution is 2.42. The second-order valence-electron chi connectivity index (χ2n) is 7.58. The van der Waals surface area contributed by atoms with Crippen LogP contribution in [0.4, 0.5) is 5.13 Å². The number of aliphatic hydroxyl groups is 1. The molecule has 0 saturated carbocycles. The van der Waals surface area contributed by atoms with Crippen LogP contribution in [0.1, 0.15) is 48.1 Å². The molecule has 1 amide bonds. The van der Waals surface area contributed by atoms with E-state index in [1.807, 2.05) is 43.3 Å². The summed E-state index contributed by atoms with van der Waals surface area (Å²) < 4.78 is 0. The maximum absolute atomic E-state index is 13.0. The lowest BCUT2D eigenvalue weighted by atomic mass is 9.93. The number of rotatable bonds is 4. The summed E-state index contributed by atoms with van der Waals surface area (Å²) in [5.41, 5.74) is 4.94. The van der Waals surface area contributed by atoms with E-state index >= 15 is 0 Å². The van der Waals surface area contributed by atoms with E-state index in [1.54, 1.807) is 12.1 Å². The number of benzene rings is 2. The van der Waals surface area contributed by atoms with Crippen LogP contribution in [0.3, 0.4) is 0 Å². The van der Waals surface area contributed by atoms with Gasteiger partial charge in [0.2, 0.25) is 5.13 Å². The van der Waals surface area contributed by atoms with Gasteiger partial charge in [0.1, 0.15) is 11.3 Å². The Morgan fingerprint density at radius 2 is 1.73 bits per heavy atom. The second kappa shape index (κ2) is 7.84. The molecule has 0 spiro atoms. The Bertz CT molecular complexity index is 1120. The van der Waals surface area contributed by atoms with E-state index in [4.69, 9.17) is 0 Å². The molecule has 6 nitrogen and oxygen atoms in total. The fraction of sp³-hybridized carbons (Fsp3) is 0.217. The molecule has 3 aromatic rings. The molecule has 1 fully saturated rings. The van der Waals surface area contributed by atoms with Gasteiger partial charge in [-0.2, -0.15) is 0 Å². The third-order valence-electron chi connectivity index (χ3n) is 5.24. The molecule has 1 aliphatic heterocycles. The molecule has 1 aromatic heterocycles. The number of aliphatic hydroxyl groups excluding tert-OH is 1. The molecule has 2 aromatic carbocycles. The lowest BCUT2D eigenvalue weighted by Gasteiger charge is -2.23. The molecule has 1 aliphatic rings. The van der Waals surface area contributed by atoms with Crippen molar-refractivity contribution >= 4 is 33.9 Å². The zero-order valence-corrected chi connectivity index (χ0v) is 17.7. The maximum atomic E-state index is 13.0. The zero-order valence-electron chi connectivity index (χ0n) is 16.9. The van der Waals surface area contributed by atoms with Crippen LogP contribution >= 0.6 is 11.3 Å². The number of aromatic nitrogens is 2. The van der Waals surface area contributed by atoms with E-state index in [-0.39, 0.29) is 11.3 Å². The van der Waals surface area contributed by atoms with Crippen LogP contribution in [0, 0.1) is 6.92 Å². The number of anilines is 1. The van der Waals surface area contributed by atoms with Crippen molar-refractivity contribution in [2.75, 3.05) is 4.90 Å². The Hall–Kier alpha value is -3.32. The molecule has 2 heterocycles. The van der Waals surface area contributed by atoms with Crippen LogP contribution in [-0.2, 0) is 9.59 Å². The van der Waals surface area contributed by atoms with E-state index in [0.29, 0.717) is 16.6 Å². The van der Waals surface area contributed by atoms with Crippen LogP contribution in [-0.4, -0.2) is 27.0 Å². The van der Waals surface area contributed by atoms with Gasteiger partial charge in [-0.1, -0.05) is 79.3 Å². The molecule has 30 heavy (non-hydrogen) atoms. The standard InChI is InChI=1S/C23H21N3O3S/c1-13(2)15-8-10-16(11-9-15)19-18(20(27)17-6-4-14(3)5-7-17)21(28)22(29)26(19)23-25-24-12-30-23/h4-13,19,27H,1-3H3/b20-18+/t19-/m1/s1. The average Bonchev–Trinajstić information content (AvgIpc) is 3.35. The minimum absolute atomic E-state index is 0.0522. The Morgan fingerprint density at radius 1 is 1.07 bits per heavy atom. The number of ketones is 1. The average molecular weight is 420 g/mol. The molecule has 1 saturated heterocycles. The molecule has 0 radical (unpaired) electrons. The molecule has 4 rings (SSSR count). The summed E-state index contributed by atoms with van der Waals surface area (Å²) in [6, 6.07) is 14.1. The molecular weight excluding hydrogens is 398 g/mol. The Morgan fingerprint density at radius 3 is 2.30 bits per heavy atom. The van der Waals surface area contributed by atoms with Crippen molar-refractivity contribution in [1.29, 1.82) is 0 Å². The Balaban J connectivity index is 1.90. The minimum atomic E-state index is -0.777. The topological polar surface area (TPSA) is 83.4 Å². The van der Waals surface area contributed by atoms with E-state index in [9.17, 15) is 14.7 Å². The van der Waals surface area contributed by atoms with Gasteiger partial charge in [0.15, 0.2) is 0 Å². The van der Waals surface area contributed by atoms with Crippen molar-refractivity contribution < 1.29 is 14.7 Å². The van der Waals surface area contributed by atoms with Crippen molar-refractivity contribution in [3.05, 3.63) is 81.9 Å². The zero-order chi connectivity index (χ0) is 21.4. The molecule has 152 valence electrons. The highest BCUT2D eigenvalue weighted by atomic mass is 32.1. The van der Waals surface area contributed by atoms with Gasteiger partial charge in [0.25, 0.3) is 5.78 Å². The minimum Gasteiger partial charge on any atom is -0.507 e. The first-order valence-corrected chi connectivity index (χ1v) is 10.5. The third-order valence-corrected chi connectivity index (χ3v) is 5.93. The summed E-state index contributed by atoms with van der Waals surface area (Å²) in [4.78, 5) is 27.3. The van der Waals surface area contributed by atoms with Gasteiger partial charge >= 0.3 is 5.91 Å². The maximum Gasteiger partial charge on any atom is 0.301 e. The smallest absolute Gasteiger partial charge is 0.301 e. The van der Waals surface area contributed by atoms with Crippen molar-refractivity contribution in [1.82, 2.24) is 10.2 Å². The normalized spacial score (nSPS) is 18.4. The molecule has 0 aliphatic carbocycles. The fourth-order valence-corrected chi connectivity index (χ4v) is 4.13. The van der Waals surface area contributed by atoms with Gasteiger partial charge in [0.05, 0.1) is 11.6 Å². The van der Waals surface area contributed by atoms with Crippen LogP contribution in [0.2, 0.25) is 0 Å². The summed E-state index contributed by atoms with van der Waals surface area (Å²) in [5.74, 6) is -1.31. The first-order valence-electron chi connectivity index (χ1n) is 9.62. The van der Waals surface area contributed by atoms with E-state index in [1.165, 1.54) is 21.7 Å². The third kappa shape index (κ3) is 3.41. The highest BCUT2D eigenvalue weighted by molar-refractivity contribution is 7.13. The number of hydrogen-bond donors (Lipinski definition) is 1. The number of carbonyl (C=O) groups is 2. The van der Waals surface area contributed by atoms with Crippen LogP contribution < -0.4 is 4.90 Å². The summed E-state index contributed by atoms with van der Waals surface area (Å²) in [7, 11) is 0. The number of Topliss-reactive ketones (excluding diaryl/α,β-unsaturated/α-hetero) is 1. The van der Waals surface area contributed by atoms with Gasteiger partial charge < -0.3 is 5.11 Å². The van der Waals surface area contributed by atoms with E-state index in [2.05, 4.69) is 24.0 Å². The largest absolute Gasteiger partial charge is 0.507 e. The summed E-state index contributed by atoms with van der Waals surface area (Å²) in [5, 5.41) is 19.2. The number of hydrogen-bond acceptors (Lipinski definition) is 6. The molecule has 0 bridgehead atoms. The quantitative estimate of drug-likeness (QED) is 0.380. The highest BCUT2D eigenvalue weighted by Gasteiger charge is 2.48. The Labute approximate surface area is 178 Å². The van der Waals surface area contributed by atoms with E-state index in [0.717, 1.165) is 16.7 Å². The van der Waals surface area contributed by atoms with Gasteiger partial charge in [-0.05, 0) is 24.0 Å². The lowest BCUT2D eigenvalue weighted by Crippen LogP contribution is -2.29. The summed E-state index contributed by atoms with van der Waals surface area (Å²) >= 11 is 1.17. The van der Waals surface area contributed by atoms with Crippen LogP contribution in [0.5, 0.6) is 0 Å². The van der Waals surface area contributed by atoms with E-state index < -0.39 is 17.7 Å². The summed E-state index contributed by atoms with van der Waals surface area (Å²) in [6.45, 7) is 6.13. The molecule has 1 N–H and O–H groups in total. The molecule has 7 heteroatoms. The monoisotopic (exact) mass is 419 g/mol.